The lowest BCUT2D eigenvalue weighted by Crippen LogP contribution is -2.27. The first-order chi connectivity index (χ1) is 11.7. The maximum absolute atomic E-state index is 11.5. The molecular formula is C20H30O4. The van der Waals surface area contributed by atoms with E-state index < -0.39 is 12.1 Å². The van der Waals surface area contributed by atoms with Crippen molar-refractivity contribution >= 4 is 5.97 Å². The van der Waals surface area contributed by atoms with Gasteiger partial charge in [0.15, 0.2) is 6.10 Å². The molecule has 4 heteroatoms. The summed E-state index contributed by atoms with van der Waals surface area (Å²) in [6.07, 6.45) is 7.39. The number of aliphatic carboxylic acids is 1. The topological polar surface area (TPSA) is 55.8 Å². The average molecular weight is 334 g/mol. The molecule has 1 aromatic carbocycles. The molecule has 0 radical (unpaired) electrons. The average Bonchev–Trinajstić information content (AvgIpc) is 2.62. The van der Waals surface area contributed by atoms with Crippen LogP contribution in [0.25, 0.3) is 0 Å². The highest BCUT2D eigenvalue weighted by atomic mass is 16.5. The third-order valence-electron chi connectivity index (χ3n) is 3.93. The molecule has 0 saturated heterocycles. The Morgan fingerprint density at radius 1 is 1.25 bits per heavy atom. The fourth-order valence-electron chi connectivity index (χ4n) is 2.73. The number of methoxy groups -OCH3 is 1. The predicted molar refractivity (Wildman–Crippen MR) is 96.3 cm³/mol. The van der Waals surface area contributed by atoms with Gasteiger partial charge in [0.2, 0.25) is 0 Å². The molecule has 0 aliphatic heterocycles. The molecule has 24 heavy (non-hydrogen) atoms. The molecule has 0 fully saturated rings. The molecule has 1 aromatic rings. The van der Waals surface area contributed by atoms with Crippen LogP contribution in [0.2, 0.25) is 0 Å². The number of para-hydroxylation sites is 1. The zero-order chi connectivity index (χ0) is 17.8. The van der Waals surface area contributed by atoms with E-state index >= 15 is 0 Å². The van der Waals surface area contributed by atoms with Crippen molar-refractivity contribution in [3.05, 3.63) is 41.5 Å². The van der Waals surface area contributed by atoms with Crippen LogP contribution in [0.5, 0.6) is 5.75 Å². The highest BCUT2D eigenvalue weighted by Crippen LogP contribution is 2.25. The minimum absolute atomic E-state index is 0.410. The second kappa shape index (κ2) is 11.7. The standard InChI is InChI=1S/C18H24O4.C2H6/c1-21-13-15-9-5-6-10-16(15)22-17(18(19)20)12-11-14-7-3-2-4-8-14;1-2/h5-7,9-10,17H,2-4,8,11-13H2,1H3,(H,19,20);1-2H3. The molecule has 4 nitrogen and oxygen atoms in total. The van der Waals surface area contributed by atoms with Crippen molar-refractivity contribution in [3.63, 3.8) is 0 Å². The first kappa shape index (κ1) is 20.2. The van der Waals surface area contributed by atoms with Crippen molar-refractivity contribution < 1.29 is 19.4 Å². The van der Waals surface area contributed by atoms with Crippen LogP contribution in [-0.4, -0.2) is 24.3 Å². The normalized spacial score (nSPS) is 14.9. The number of rotatable bonds is 8. The van der Waals surface area contributed by atoms with E-state index in [2.05, 4.69) is 6.08 Å². The van der Waals surface area contributed by atoms with Gasteiger partial charge in [-0.15, -0.1) is 0 Å². The van der Waals surface area contributed by atoms with Crippen molar-refractivity contribution in [1.29, 1.82) is 0 Å². The van der Waals surface area contributed by atoms with Crippen molar-refractivity contribution in [2.45, 2.75) is 65.1 Å². The highest BCUT2D eigenvalue weighted by molar-refractivity contribution is 5.72. The lowest BCUT2D eigenvalue weighted by molar-refractivity contribution is -0.145. The van der Waals surface area contributed by atoms with Crippen LogP contribution in [-0.2, 0) is 16.1 Å². The van der Waals surface area contributed by atoms with Crippen LogP contribution >= 0.6 is 0 Å². The Balaban J connectivity index is 0.00000139. The summed E-state index contributed by atoms with van der Waals surface area (Å²) in [5.74, 6) is -0.321. The summed E-state index contributed by atoms with van der Waals surface area (Å²) >= 11 is 0. The monoisotopic (exact) mass is 334 g/mol. The van der Waals surface area contributed by atoms with Crippen LogP contribution in [0.1, 0.15) is 57.9 Å². The third-order valence-corrected chi connectivity index (χ3v) is 3.93. The third kappa shape index (κ3) is 6.75. The highest BCUT2D eigenvalue weighted by Gasteiger charge is 2.21. The second-order valence-electron chi connectivity index (χ2n) is 5.63. The molecule has 0 heterocycles. The smallest absolute Gasteiger partial charge is 0.344 e. The van der Waals surface area contributed by atoms with Crippen LogP contribution in [0.15, 0.2) is 35.9 Å². The zero-order valence-electron chi connectivity index (χ0n) is 15.1. The molecule has 1 atom stereocenters. The summed E-state index contributed by atoms with van der Waals surface area (Å²) in [4.78, 5) is 11.5. The maximum Gasteiger partial charge on any atom is 0.344 e. The van der Waals surface area contributed by atoms with Crippen LogP contribution in [0.3, 0.4) is 0 Å². The fourth-order valence-corrected chi connectivity index (χ4v) is 2.73. The Bertz CT molecular complexity index is 522. The number of hydrogen-bond donors (Lipinski definition) is 1. The van der Waals surface area contributed by atoms with E-state index in [9.17, 15) is 9.90 Å². The Morgan fingerprint density at radius 2 is 2.00 bits per heavy atom. The summed E-state index contributed by atoms with van der Waals surface area (Å²) in [7, 11) is 1.61. The molecule has 0 amide bonds. The van der Waals surface area contributed by atoms with E-state index in [0.29, 0.717) is 18.8 Å². The number of benzene rings is 1. The van der Waals surface area contributed by atoms with Gasteiger partial charge in [-0.3, -0.25) is 0 Å². The van der Waals surface area contributed by atoms with Gasteiger partial charge in [-0.25, -0.2) is 4.79 Å². The number of carboxylic acids is 1. The van der Waals surface area contributed by atoms with Gasteiger partial charge >= 0.3 is 5.97 Å². The van der Waals surface area contributed by atoms with Crippen molar-refractivity contribution in [2.75, 3.05) is 7.11 Å². The summed E-state index contributed by atoms with van der Waals surface area (Å²) in [6.45, 7) is 4.41. The van der Waals surface area contributed by atoms with Gasteiger partial charge < -0.3 is 14.6 Å². The molecule has 0 saturated carbocycles. The molecule has 1 aliphatic rings. The first-order valence-electron chi connectivity index (χ1n) is 8.85. The van der Waals surface area contributed by atoms with Crippen LogP contribution < -0.4 is 4.74 Å². The van der Waals surface area contributed by atoms with E-state index in [1.165, 1.54) is 18.4 Å². The first-order valence-corrected chi connectivity index (χ1v) is 8.85. The number of hydrogen-bond acceptors (Lipinski definition) is 3. The van der Waals surface area contributed by atoms with Gasteiger partial charge in [-0.2, -0.15) is 0 Å². The van der Waals surface area contributed by atoms with E-state index in [1.807, 2.05) is 32.0 Å². The van der Waals surface area contributed by atoms with E-state index in [-0.39, 0.29) is 0 Å². The van der Waals surface area contributed by atoms with Gasteiger partial charge in [-0.05, 0) is 44.6 Å². The molecule has 0 bridgehead atoms. The van der Waals surface area contributed by atoms with Crippen LogP contribution in [0, 0.1) is 0 Å². The van der Waals surface area contributed by atoms with Gasteiger partial charge in [0, 0.05) is 12.7 Å². The summed E-state index contributed by atoms with van der Waals surface area (Å²) in [5, 5.41) is 9.41. The van der Waals surface area contributed by atoms with E-state index in [4.69, 9.17) is 9.47 Å². The number of allylic oxidation sites excluding steroid dienone is 2. The van der Waals surface area contributed by atoms with Crippen molar-refractivity contribution in [3.8, 4) is 5.75 Å². The van der Waals surface area contributed by atoms with Crippen LogP contribution in [0.4, 0.5) is 0 Å². The molecule has 134 valence electrons. The SMILES string of the molecule is CC.COCc1ccccc1OC(CCC1=CCCCC1)C(=O)O. The minimum atomic E-state index is -0.913. The van der Waals surface area contributed by atoms with Gasteiger partial charge in [-0.1, -0.05) is 43.7 Å². The lowest BCUT2D eigenvalue weighted by Gasteiger charge is -2.19. The van der Waals surface area contributed by atoms with Gasteiger partial charge in [0.1, 0.15) is 5.75 Å². The predicted octanol–water partition coefficient (Wildman–Crippen LogP) is 4.97. The van der Waals surface area contributed by atoms with Gasteiger partial charge in [0.25, 0.3) is 0 Å². The molecule has 0 spiro atoms. The Hall–Kier alpha value is -1.81. The molecule has 0 aromatic heterocycles. The second-order valence-corrected chi connectivity index (χ2v) is 5.63. The zero-order valence-corrected chi connectivity index (χ0v) is 15.1. The molecule has 1 aliphatic carbocycles. The fraction of sp³-hybridized carbons (Fsp3) is 0.550. The quantitative estimate of drug-likeness (QED) is 0.682. The summed E-state index contributed by atoms with van der Waals surface area (Å²) < 4.78 is 10.9. The van der Waals surface area contributed by atoms with Crippen molar-refractivity contribution in [2.24, 2.45) is 0 Å². The largest absolute Gasteiger partial charge is 0.479 e. The summed E-state index contributed by atoms with van der Waals surface area (Å²) in [6, 6.07) is 7.42. The van der Waals surface area contributed by atoms with E-state index in [1.54, 1.807) is 13.2 Å². The molecule has 1 N–H and O–H groups in total. The Kier molecular flexibility index (Phi) is 9.85. The molecule has 2 rings (SSSR count). The number of carboxylic acid groups (broad SMARTS) is 1. The maximum atomic E-state index is 11.5. The Morgan fingerprint density at radius 3 is 2.62 bits per heavy atom. The lowest BCUT2D eigenvalue weighted by atomic mass is 9.95. The molecule has 1 unspecified atom stereocenters. The molecular weight excluding hydrogens is 304 g/mol. The number of ether oxygens (including phenoxy) is 2. The van der Waals surface area contributed by atoms with Crippen molar-refractivity contribution in [1.82, 2.24) is 0 Å². The number of carbonyl (C=O) groups is 1. The summed E-state index contributed by atoms with van der Waals surface area (Å²) in [5.41, 5.74) is 2.24. The van der Waals surface area contributed by atoms with E-state index in [0.717, 1.165) is 24.8 Å². The minimum Gasteiger partial charge on any atom is -0.479 e. The van der Waals surface area contributed by atoms with Gasteiger partial charge in [0.05, 0.1) is 6.61 Å². The Labute approximate surface area is 145 Å².